The van der Waals surface area contributed by atoms with Crippen LogP contribution in [0.1, 0.15) is 24.4 Å². The maximum atomic E-state index is 10.2. The van der Waals surface area contributed by atoms with Gasteiger partial charge in [-0.05, 0) is 24.6 Å². The maximum absolute atomic E-state index is 10.2. The molecule has 2 aromatic rings. The van der Waals surface area contributed by atoms with E-state index in [1.54, 1.807) is 10.7 Å². The van der Waals surface area contributed by atoms with Crippen LogP contribution >= 0.6 is 27.5 Å². The van der Waals surface area contributed by atoms with Gasteiger partial charge in [-0.3, -0.25) is 4.68 Å². The lowest BCUT2D eigenvalue weighted by Crippen LogP contribution is -2.09. The molecule has 6 heteroatoms. The number of rotatable bonds is 4. The number of hydrogen-bond acceptors (Lipinski definition) is 3. The van der Waals surface area contributed by atoms with Gasteiger partial charge in [0.05, 0.1) is 6.10 Å². The highest BCUT2D eigenvalue weighted by Gasteiger charge is 2.15. The molecule has 18 heavy (non-hydrogen) atoms. The van der Waals surface area contributed by atoms with Gasteiger partial charge >= 0.3 is 0 Å². The molecule has 1 heterocycles. The summed E-state index contributed by atoms with van der Waals surface area (Å²) in [7, 11) is 0. The molecule has 1 aromatic heterocycles. The molecule has 96 valence electrons. The van der Waals surface area contributed by atoms with Crippen molar-refractivity contribution in [3.63, 3.8) is 0 Å². The fourth-order valence-electron chi connectivity index (χ4n) is 1.76. The summed E-state index contributed by atoms with van der Waals surface area (Å²) in [5.74, 6) is 0.754. The Bertz CT molecular complexity index is 544. The summed E-state index contributed by atoms with van der Waals surface area (Å²) >= 11 is 9.44. The van der Waals surface area contributed by atoms with Crippen molar-refractivity contribution in [2.75, 3.05) is 0 Å². The number of nitrogens with zero attached hydrogens (tertiary/aromatic N) is 3. The Morgan fingerprint density at radius 2 is 2.28 bits per heavy atom. The van der Waals surface area contributed by atoms with Gasteiger partial charge < -0.3 is 5.11 Å². The summed E-state index contributed by atoms with van der Waals surface area (Å²) in [6, 6.07) is 5.43. The monoisotopic (exact) mass is 329 g/mol. The zero-order chi connectivity index (χ0) is 13.1. The average Bonchev–Trinajstić information content (AvgIpc) is 2.76. The van der Waals surface area contributed by atoms with Gasteiger partial charge in [-0.15, -0.1) is 0 Å². The third kappa shape index (κ3) is 2.91. The molecule has 0 fully saturated rings. The van der Waals surface area contributed by atoms with Crippen LogP contribution in [0.25, 0.3) is 0 Å². The van der Waals surface area contributed by atoms with Gasteiger partial charge in [0.25, 0.3) is 0 Å². The smallest absolute Gasteiger partial charge is 0.138 e. The predicted molar refractivity (Wildman–Crippen MR) is 73.5 cm³/mol. The molecule has 0 saturated carbocycles. The standard InChI is InChI=1S/C12H13BrClN3O/c1-2-17-12(15-7-16-17)6-11(18)9-4-3-8(13)5-10(9)14/h3-5,7,11,18H,2,6H2,1H3. The van der Waals surface area contributed by atoms with Crippen molar-refractivity contribution in [2.24, 2.45) is 0 Å². The van der Waals surface area contributed by atoms with Crippen molar-refractivity contribution in [1.29, 1.82) is 0 Å². The number of aliphatic hydroxyl groups excluding tert-OH is 1. The van der Waals surface area contributed by atoms with Gasteiger partial charge in [-0.1, -0.05) is 33.6 Å². The topological polar surface area (TPSA) is 50.9 Å². The number of aromatic nitrogens is 3. The lowest BCUT2D eigenvalue weighted by Gasteiger charge is -2.12. The minimum absolute atomic E-state index is 0.398. The average molecular weight is 331 g/mol. The first-order valence-corrected chi connectivity index (χ1v) is 6.78. The number of benzene rings is 1. The summed E-state index contributed by atoms with van der Waals surface area (Å²) in [4.78, 5) is 4.14. The van der Waals surface area contributed by atoms with Gasteiger partial charge in [0.2, 0.25) is 0 Å². The maximum Gasteiger partial charge on any atom is 0.138 e. The molecule has 1 N–H and O–H groups in total. The quantitative estimate of drug-likeness (QED) is 0.937. The van der Waals surface area contributed by atoms with E-state index in [4.69, 9.17) is 11.6 Å². The second-order valence-corrected chi connectivity index (χ2v) is 5.20. The highest BCUT2D eigenvalue weighted by Crippen LogP contribution is 2.28. The van der Waals surface area contributed by atoms with Crippen LogP contribution in [-0.2, 0) is 13.0 Å². The van der Waals surface area contributed by atoms with Crippen molar-refractivity contribution in [2.45, 2.75) is 26.0 Å². The van der Waals surface area contributed by atoms with Crippen molar-refractivity contribution in [3.05, 3.63) is 45.4 Å². The largest absolute Gasteiger partial charge is 0.388 e. The molecule has 0 bridgehead atoms. The molecule has 0 aliphatic heterocycles. The van der Waals surface area contributed by atoms with E-state index in [9.17, 15) is 5.11 Å². The fraction of sp³-hybridized carbons (Fsp3) is 0.333. The van der Waals surface area contributed by atoms with Crippen LogP contribution in [0.15, 0.2) is 29.0 Å². The van der Waals surface area contributed by atoms with E-state index in [2.05, 4.69) is 26.0 Å². The molecule has 0 aliphatic carbocycles. The van der Waals surface area contributed by atoms with E-state index in [-0.39, 0.29) is 0 Å². The minimum atomic E-state index is -0.680. The molecular weight excluding hydrogens is 318 g/mol. The molecule has 1 aromatic carbocycles. The van der Waals surface area contributed by atoms with Crippen LogP contribution in [-0.4, -0.2) is 19.9 Å². The van der Waals surface area contributed by atoms with Crippen LogP contribution in [0.2, 0.25) is 5.02 Å². The number of halogens is 2. The van der Waals surface area contributed by atoms with Gasteiger partial charge in [0.15, 0.2) is 0 Å². The van der Waals surface area contributed by atoms with Crippen LogP contribution < -0.4 is 0 Å². The molecule has 2 rings (SSSR count). The van der Waals surface area contributed by atoms with E-state index in [0.29, 0.717) is 17.0 Å². The molecular formula is C12H13BrClN3O. The molecule has 0 saturated heterocycles. The first-order valence-electron chi connectivity index (χ1n) is 5.61. The number of hydrogen-bond donors (Lipinski definition) is 1. The zero-order valence-corrected chi connectivity index (χ0v) is 12.2. The normalized spacial score (nSPS) is 12.7. The zero-order valence-electron chi connectivity index (χ0n) is 9.85. The summed E-state index contributed by atoms with van der Waals surface area (Å²) < 4.78 is 2.65. The van der Waals surface area contributed by atoms with Crippen molar-refractivity contribution < 1.29 is 5.11 Å². The third-order valence-electron chi connectivity index (χ3n) is 2.69. The van der Waals surface area contributed by atoms with E-state index in [0.717, 1.165) is 16.8 Å². The summed E-state index contributed by atoms with van der Waals surface area (Å²) in [6.07, 6.45) is 1.21. The van der Waals surface area contributed by atoms with E-state index in [1.165, 1.54) is 6.33 Å². The Balaban J connectivity index is 2.19. The second kappa shape index (κ2) is 5.82. The highest BCUT2D eigenvalue weighted by molar-refractivity contribution is 9.10. The first-order chi connectivity index (χ1) is 8.61. The highest BCUT2D eigenvalue weighted by atomic mass is 79.9. The van der Waals surface area contributed by atoms with E-state index in [1.807, 2.05) is 19.1 Å². The van der Waals surface area contributed by atoms with Crippen molar-refractivity contribution in [1.82, 2.24) is 14.8 Å². The summed E-state index contributed by atoms with van der Waals surface area (Å²) in [5, 5.41) is 14.8. The van der Waals surface area contributed by atoms with Gasteiger partial charge in [0, 0.05) is 22.5 Å². The molecule has 0 radical (unpaired) electrons. The minimum Gasteiger partial charge on any atom is -0.388 e. The first kappa shape index (κ1) is 13.5. The Hall–Kier alpha value is -0.910. The predicted octanol–water partition coefficient (Wildman–Crippen LogP) is 2.99. The Morgan fingerprint density at radius 3 is 2.94 bits per heavy atom. The second-order valence-electron chi connectivity index (χ2n) is 3.88. The van der Waals surface area contributed by atoms with Gasteiger partial charge in [0.1, 0.15) is 12.2 Å². The Morgan fingerprint density at radius 1 is 1.50 bits per heavy atom. The third-order valence-corrected chi connectivity index (χ3v) is 3.51. The van der Waals surface area contributed by atoms with Crippen molar-refractivity contribution in [3.8, 4) is 0 Å². The summed E-state index contributed by atoms with van der Waals surface area (Å²) in [6.45, 7) is 2.72. The van der Waals surface area contributed by atoms with Gasteiger partial charge in [-0.25, -0.2) is 4.98 Å². The number of aliphatic hydroxyl groups is 1. The van der Waals surface area contributed by atoms with Crippen LogP contribution in [0.4, 0.5) is 0 Å². The SMILES string of the molecule is CCn1ncnc1CC(O)c1ccc(Br)cc1Cl. The van der Waals surface area contributed by atoms with Crippen LogP contribution in [0.3, 0.4) is 0 Å². The van der Waals surface area contributed by atoms with Gasteiger partial charge in [-0.2, -0.15) is 5.10 Å². The van der Waals surface area contributed by atoms with Crippen LogP contribution in [0, 0.1) is 0 Å². The van der Waals surface area contributed by atoms with E-state index >= 15 is 0 Å². The number of aryl methyl sites for hydroxylation is 1. The fourth-order valence-corrected chi connectivity index (χ4v) is 2.56. The lowest BCUT2D eigenvalue weighted by atomic mass is 10.1. The molecule has 1 unspecified atom stereocenters. The molecule has 1 atom stereocenters. The molecule has 0 amide bonds. The van der Waals surface area contributed by atoms with E-state index < -0.39 is 6.10 Å². The molecule has 4 nitrogen and oxygen atoms in total. The Labute approximate surface area is 119 Å². The molecule has 0 aliphatic rings. The lowest BCUT2D eigenvalue weighted by molar-refractivity contribution is 0.174. The van der Waals surface area contributed by atoms with Crippen molar-refractivity contribution >= 4 is 27.5 Å². The Kier molecular flexibility index (Phi) is 4.37. The summed E-state index contributed by atoms with van der Waals surface area (Å²) in [5.41, 5.74) is 0.700. The molecule has 0 spiro atoms. The van der Waals surface area contributed by atoms with Crippen LogP contribution in [0.5, 0.6) is 0 Å².